The first-order valence-electron chi connectivity index (χ1n) is 8.45. The SMILES string of the molecule is CCC1CCCC(O)(Cc2ccn(C3CCCC3)n2)C1. The fraction of sp³-hybridized carbons (Fsp3) is 0.824. The molecule has 2 aliphatic carbocycles. The second-order valence-corrected chi connectivity index (χ2v) is 7.00. The average molecular weight is 276 g/mol. The van der Waals surface area contributed by atoms with Gasteiger partial charge < -0.3 is 5.11 Å². The molecular weight excluding hydrogens is 248 g/mol. The molecule has 2 unspecified atom stereocenters. The van der Waals surface area contributed by atoms with Crippen molar-refractivity contribution in [3.63, 3.8) is 0 Å². The highest BCUT2D eigenvalue weighted by atomic mass is 16.3. The van der Waals surface area contributed by atoms with Gasteiger partial charge in [-0.15, -0.1) is 0 Å². The maximum atomic E-state index is 10.9. The predicted molar refractivity (Wildman–Crippen MR) is 80.6 cm³/mol. The summed E-state index contributed by atoms with van der Waals surface area (Å²) >= 11 is 0. The van der Waals surface area contributed by atoms with Gasteiger partial charge in [-0.2, -0.15) is 5.10 Å². The molecule has 2 atom stereocenters. The Bertz CT molecular complexity index is 436. The molecule has 0 bridgehead atoms. The maximum Gasteiger partial charge on any atom is 0.0706 e. The summed E-state index contributed by atoms with van der Waals surface area (Å²) in [5.74, 6) is 0.700. The number of hydrogen-bond acceptors (Lipinski definition) is 2. The second kappa shape index (κ2) is 5.88. The van der Waals surface area contributed by atoms with Crippen LogP contribution >= 0.6 is 0 Å². The normalized spacial score (nSPS) is 31.8. The number of aromatic nitrogens is 2. The summed E-state index contributed by atoms with van der Waals surface area (Å²) in [5.41, 5.74) is 0.574. The lowest BCUT2D eigenvalue weighted by Gasteiger charge is -2.36. The highest BCUT2D eigenvalue weighted by Gasteiger charge is 2.34. The number of rotatable bonds is 4. The van der Waals surface area contributed by atoms with E-state index in [2.05, 4.69) is 23.9 Å². The van der Waals surface area contributed by atoms with Crippen LogP contribution in [0.15, 0.2) is 12.3 Å². The highest BCUT2D eigenvalue weighted by Crippen LogP contribution is 2.36. The summed E-state index contributed by atoms with van der Waals surface area (Å²) in [4.78, 5) is 0. The lowest BCUT2D eigenvalue weighted by atomic mass is 9.75. The number of hydrogen-bond donors (Lipinski definition) is 1. The summed E-state index contributed by atoms with van der Waals surface area (Å²) in [6.07, 6.45) is 13.6. The molecule has 0 amide bonds. The largest absolute Gasteiger partial charge is 0.389 e. The molecule has 1 aromatic heterocycles. The van der Waals surface area contributed by atoms with Crippen molar-refractivity contribution in [1.82, 2.24) is 9.78 Å². The third-order valence-corrected chi connectivity index (χ3v) is 5.37. The zero-order valence-electron chi connectivity index (χ0n) is 12.7. The Morgan fingerprint density at radius 2 is 2.10 bits per heavy atom. The molecule has 1 N–H and O–H groups in total. The first-order valence-corrected chi connectivity index (χ1v) is 8.45. The van der Waals surface area contributed by atoms with Crippen LogP contribution in [0.3, 0.4) is 0 Å². The van der Waals surface area contributed by atoms with Gasteiger partial charge in [0.2, 0.25) is 0 Å². The van der Waals surface area contributed by atoms with Crippen LogP contribution in [0.5, 0.6) is 0 Å². The molecule has 20 heavy (non-hydrogen) atoms. The summed E-state index contributed by atoms with van der Waals surface area (Å²) < 4.78 is 2.14. The van der Waals surface area contributed by atoms with Crippen molar-refractivity contribution >= 4 is 0 Å². The summed E-state index contributed by atoms with van der Waals surface area (Å²) in [6, 6.07) is 2.72. The molecule has 2 saturated carbocycles. The number of aliphatic hydroxyl groups is 1. The Hall–Kier alpha value is -0.830. The van der Waals surface area contributed by atoms with E-state index in [1.165, 1.54) is 44.9 Å². The van der Waals surface area contributed by atoms with Crippen LogP contribution in [0.4, 0.5) is 0 Å². The summed E-state index contributed by atoms with van der Waals surface area (Å²) in [6.45, 7) is 2.24. The third kappa shape index (κ3) is 3.08. The average Bonchev–Trinajstić information content (AvgIpc) is 3.08. The van der Waals surface area contributed by atoms with Crippen molar-refractivity contribution in [2.45, 2.75) is 82.8 Å². The van der Waals surface area contributed by atoms with E-state index in [-0.39, 0.29) is 0 Å². The monoisotopic (exact) mass is 276 g/mol. The Balaban J connectivity index is 1.64. The van der Waals surface area contributed by atoms with E-state index < -0.39 is 5.60 Å². The lowest BCUT2D eigenvalue weighted by molar-refractivity contribution is -0.0170. The topological polar surface area (TPSA) is 38.0 Å². The minimum Gasteiger partial charge on any atom is -0.389 e. The molecule has 0 spiro atoms. The summed E-state index contributed by atoms with van der Waals surface area (Å²) in [5, 5.41) is 15.6. The third-order valence-electron chi connectivity index (χ3n) is 5.37. The van der Waals surface area contributed by atoms with Gasteiger partial charge in [-0.1, -0.05) is 39.0 Å². The fourth-order valence-electron chi connectivity index (χ4n) is 4.15. The van der Waals surface area contributed by atoms with Crippen LogP contribution in [0.25, 0.3) is 0 Å². The van der Waals surface area contributed by atoms with Gasteiger partial charge in [0.1, 0.15) is 0 Å². The molecule has 112 valence electrons. The standard InChI is InChI=1S/C17H28N2O/c1-2-14-6-5-10-17(20,12-14)13-15-9-11-19(18-15)16-7-3-4-8-16/h9,11,14,16,20H,2-8,10,12-13H2,1H3. The van der Waals surface area contributed by atoms with E-state index in [9.17, 15) is 5.11 Å². The van der Waals surface area contributed by atoms with Crippen molar-refractivity contribution in [2.24, 2.45) is 5.92 Å². The second-order valence-electron chi connectivity index (χ2n) is 7.00. The molecule has 1 aromatic rings. The van der Waals surface area contributed by atoms with Gasteiger partial charge in [-0.05, 0) is 37.7 Å². The lowest BCUT2D eigenvalue weighted by Crippen LogP contribution is -2.37. The first-order chi connectivity index (χ1) is 9.68. The smallest absolute Gasteiger partial charge is 0.0706 e. The molecule has 3 rings (SSSR count). The molecule has 3 nitrogen and oxygen atoms in total. The van der Waals surface area contributed by atoms with Crippen molar-refractivity contribution in [3.8, 4) is 0 Å². The van der Waals surface area contributed by atoms with Crippen LogP contribution in [0.2, 0.25) is 0 Å². The van der Waals surface area contributed by atoms with Gasteiger partial charge in [0.25, 0.3) is 0 Å². The highest BCUT2D eigenvalue weighted by molar-refractivity contribution is 5.06. The van der Waals surface area contributed by atoms with E-state index in [0.29, 0.717) is 12.0 Å². The minimum atomic E-state index is -0.506. The van der Waals surface area contributed by atoms with Crippen molar-refractivity contribution < 1.29 is 5.11 Å². The molecule has 0 aliphatic heterocycles. The molecular formula is C17H28N2O. The van der Waals surface area contributed by atoms with Crippen LogP contribution < -0.4 is 0 Å². The van der Waals surface area contributed by atoms with Gasteiger partial charge in [-0.3, -0.25) is 4.68 Å². The van der Waals surface area contributed by atoms with Crippen molar-refractivity contribution in [2.75, 3.05) is 0 Å². The first kappa shape index (κ1) is 14.1. The zero-order valence-corrected chi connectivity index (χ0v) is 12.7. The van der Waals surface area contributed by atoms with Crippen LogP contribution in [-0.4, -0.2) is 20.5 Å². The van der Waals surface area contributed by atoms with Crippen LogP contribution in [-0.2, 0) is 6.42 Å². The van der Waals surface area contributed by atoms with E-state index in [0.717, 1.165) is 25.0 Å². The van der Waals surface area contributed by atoms with Gasteiger partial charge in [0.05, 0.1) is 17.3 Å². The Morgan fingerprint density at radius 1 is 1.30 bits per heavy atom. The van der Waals surface area contributed by atoms with Crippen molar-refractivity contribution in [3.05, 3.63) is 18.0 Å². The molecule has 3 heteroatoms. The molecule has 1 heterocycles. The zero-order chi connectivity index (χ0) is 14.0. The van der Waals surface area contributed by atoms with Gasteiger partial charge in [0, 0.05) is 12.6 Å². The molecule has 2 aliphatic rings. The van der Waals surface area contributed by atoms with Crippen LogP contribution in [0.1, 0.15) is 76.4 Å². The van der Waals surface area contributed by atoms with Gasteiger partial charge >= 0.3 is 0 Å². The van der Waals surface area contributed by atoms with E-state index in [4.69, 9.17) is 5.10 Å². The Labute approximate surface area is 122 Å². The van der Waals surface area contributed by atoms with Crippen LogP contribution in [0, 0.1) is 5.92 Å². The molecule has 2 fully saturated rings. The molecule has 0 saturated heterocycles. The predicted octanol–water partition coefficient (Wildman–Crippen LogP) is 3.87. The quantitative estimate of drug-likeness (QED) is 0.906. The molecule has 0 radical (unpaired) electrons. The Morgan fingerprint density at radius 3 is 2.85 bits per heavy atom. The van der Waals surface area contributed by atoms with E-state index >= 15 is 0 Å². The van der Waals surface area contributed by atoms with Gasteiger partial charge in [-0.25, -0.2) is 0 Å². The van der Waals surface area contributed by atoms with Gasteiger partial charge in [0.15, 0.2) is 0 Å². The van der Waals surface area contributed by atoms with E-state index in [1.807, 2.05) is 0 Å². The molecule has 0 aromatic carbocycles. The number of nitrogens with zero attached hydrogens (tertiary/aromatic N) is 2. The minimum absolute atomic E-state index is 0.506. The fourth-order valence-corrected chi connectivity index (χ4v) is 4.15. The van der Waals surface area contributed by atoms with Crippen molar-refractivity contribution in [1.29, 1.82) is 0 Å². The van der Waals surface area contributed by atoms with E-state index in [1.54, 1.807) is 0 Å². The maximum absolute atomic E-state index is 10.9. The Kier molecular flexibility index (Phi) is 4.16. The summed E-state index contributed by atoms with van der Waals surface area (Å²) in [7, 11) is 0.